The van der Waals surface area contributed by atoms with E-state index in [2.05, 4.69) is 25.0 Å². The van der Waals surface area contributed by atoms with Crippen molar-refractivity contribution >= 4 is 29.0 Å². The summed E-state index contributed by atoms with van der Waals surface area (Å²) in [5.41, 5.74) is 2.10. The molecule has 0 amide bonds. The number of thiazole rings is 1. The Morgan fingerprint density at radius 2 is 1.97 bits per heavy atom. The third-order valence-electron chi connectivity index (χ3n) is 5.81. The standard InChI is InChI=1S/C23H29N5O2S2/c1-3-30-19-10-7-16(13-20(19)29-2)21-24-17(14-31-21)15-32-23-26-25-22(28(23)18-8-9-18)27-11-5-4-6-12-27/h7,10,13-14,18H,3-6,8-9,11-12,15H2,1-2H3. The van der Waals surface area contributed by atoms with Crippen LogP contribution in [0.3, 0.4) is 0 Å². The average molecular weight is 472 g/mol. The molecule has 32 heavy (non-hydrogen) atoms. The molecule has 5 rings (SSSR count). The number of rotatable bonds is 9. The second-order valence-corrected chi connectivity index (χ2v) is 9.96. The number of aromatic nitrogens is 4. The lowest BCUT2D eigenvalue weighted by Crippen LogP contribution is -2.31. The van der Waals surface area contributed by atoms with Crippen LogP contribution in [0.5, 0.6) is 11.5 Å². The zero-order valence-corrected chi connectivity index (χ0v) is 20.3. The normalized spacial score (nSPS) is 16.4. The number of nitrogens with zero attached hydrogens (tertiary/aromatic N) is 5. The Kier molecular flexibility index (Phi) is 6.54. The van der Waals surface area contributed by atoms with Crippen LogP contribution in [0.1, 0.15) is 50.8 Å². The van der Waals surface area contributed by atoms with E-state index in [9.17, 15) is 0 Å². The van der Waals surface area contributed by atoms with Crippen molar-refractivity contribution < 1.29 is 9.47 Å². The summed E-state index contributed by atoms with van der Waals surface area (Å²) in [6, 6.07) is 6.55. The molecular formula is C23H29N5O2S2. The summed E-state index contributed by atoms with van der Waals surface area (Å²) >= 11 is 3.40. The van der Waals surface area contributed by atoms with Crippen LogP contribution in [0.4, 0.5) is 5.95 Å². The van der Waals surface area contributed by atoms with Gasteiger partial charge in [0.1, 0.15) is 5.01 Å². The predicted octanol–water partition coefficient (Wildman–Crippen LogP) is 5.43. The largest absolute Gasteiger partial charge is 0.493 e. The minimum absolute atomic E-state index is 0.562. The second kappa shape index (κ2) is 9.70. The van der Waals surface area contributed by atoms with Crippen molar-refractivity contribution in [3.05, 3.63) is 29.3 Å². The Morgan fingerprint density at radius 1 is 1.12 bits per heavy atom. The van der Waals surface area contributed by atoms with Crippen molar-refractivity contribution in [3.63, 3.8) is 0 Å². The first-order valence-corrected chi connectivity index (χ1v) is 13.2. The SMILES string of the molecule is CCOc1ccc(-c2nc(CSc3nnc(N4CCCCC4)n3C3CC3)cs2)cc1OC. The van der Waals surface area contributed by atoms with E-state index in [1.165, 1.54) is 32.1 Å². The molecule has 1 aromatic carbocycles. The van der Waals surface area contributed by atoms with Crippen molar-refractivity contribution in [2.24, 2.45) is 0 Å². The number of thioether (sulfide) groups is 1. The Balaban J connectivity index is 1.29. The molecule has 2 aromatic heterocycles. The number of benzene rings is 1. The van der Waals surface area contributed by atoms with E-state index in [0.717, 1.165) is 57.7 Å². The van der Waals surface area contributed by atoms with Crippen LogP contribution in [0, 0.1) is 0 Å². The highest BCUT2D eigenvalue weighted by atomic mass is 32.2. The van der Waals surface area contributed by atoms with Gasteiger partial charge in [-0.2, -0.15) is 0 Å². The van der Waals surface area contributed by atoms with Gasteiger partial charge in [0.15, 0.2) is 16.7 Å². The Bertz CT molecular complexity index is 1060. The number of ether oxygens (including phenoxy) is 2. The molecule has 1 saturated carbocycles. The number of hydrogen-bond donors (Lipinski definition) is 0. The molecular weight excluding hydrogens is 442 g/mol. The van der Waals surface area contributed by atoms with Gasteiger partial charge < -0.3 is 14.4 Å². The lowest BCUT2D eigenvalue weighted by atomic mass is 10.1. The minimum Gasteiger partial charge on any atom is -0.493 e. The van der Waals surface area contributed by atoms with Crippen LogP contribution in [0.2, 0.25) is 0 Å². The monoisotopic (exact) mass is 471 g/mol. The lowest BCUT2D eigenvalue weighted by molar-refractivity contribution is 0.311. The number of anilines is 1. The molecule has 0 spiro atoms. The van der Waals surface area contributed by atoms with Crippen molar-refractivity contribution in [2.45, 2.75) is 56.0 Å². The van der Waals surface area contributed by atoms with Crippen molar-refractivity contribution in [1.82, 2.24) is 19.7 Å². The minimum atomic E-state index is 0.562. The van der Waals surface area contributed by atoms with Crippen LogP contribution in [0.25, 0.3) is 10.6 Å². The predicted molar refractivity (Wildman–Crippen MR) is 129 cm³/mol. The fraction of sp³-hybridized carbons (Fsp3) is 0.522. The maximum atomic E-state index is 5.63. The summed E-state index contributed by atoms with van der Waals surface area (Å²) in [6.45, 7) is 4.77. The fourth-order valence-electron chi connectivity index (χ4n) is 4.05. The first-order chi connectivity index (χ1) is 15.8. The summed E-state index contributed by atoms with van der Waals surface area (Å²) in [5, 5.41) is 13.3. The second-order valence-electron chi connectivity index (χ2n) is 8.16. The summed E-state index contributed by atoms with van der Waals surface area (Å²) in [5.74, 6) is 3.35. The molecule has 170 valence electrons. The Hall–Kier alpha value is -2.26. The van der Waals surface area contributed by atoms with Crippen LogP contribution < -0.4 is 14.4 Å². The zero-order valence-electron chi connectivity index (χ0n) is 18.6. The van der Waals surface area contributed by atoms with E-state index < -0.39 is 0 Å². The first-order valence-electron chi connectivity index (χ1n) is 11.3. The van der Waals surface area contributed by atoms with E-state index in [4.69, 9.17) is 14.5 Å². The maximum Gasteiger partial charge on any atom is 0.228 e. The van der Waals surface area contributed by atoms with E-state index in [0.29, 0.717) is 12.6 Å². The van der Waals surface area contributed by atoms with Gasteiger partial charge in [-0.1, -0.05) is 11.8 Å². The molecule has 1 aliphatic carbocycles. The van der Waals surface area contributed by atoms with Crippen molar-refractivity contribution in [1.29, 1.82) is 0 Å². The van der Waals surface area contributed by atoms with Gasteiger partial charge in [0, 0.05) is 35.8 Å². The Labute approximate surface area is 197 Å². The zero-order chi connectivity index (χ0) is 21.9. The number of hydrogen-bond acceptors (Lipinski definition) is 8. The van der Waals surface area contributed by atoms with Gasteiger partial charge in [-0.25, -0.2) is 4.98 Å². The van der Waals surface area contributed by atoms with Crippen LogP contribution in [0.15, 0.2) is 28.7 Å². The molecule has 3 heterocycles. The summed E-state index contributed by atoms with van der Waals surface area (Å²) in [4.78, 5) is 7.28. The van der Waals surface area contributed by atoms with Crippen LogP contribution in [-0.4, -0.2) is 46.6 Å². The van der Waals surface area contributed by atoms with Crippen LogP contribution in [-0.2, 0) is 5.75 Å². The van der Waals surface area contributed by atoms with Gasteiger partial charge in [-0.15, -0.1) is 21.5 Å². The molecule has 2 fully saturated rings. The third kappa shape index (κ3) is 4.59. The van der Waals surface area contributed by atoms with E-state index in [1.54, 1.807) is 30.2 Å². The van der Waals surface area contributed by atoms with Gasteiger partial charge in [-0.05, 0) is 57.2 Å². The van der Waals surface area contributed by atoms with Crippen LogP contribution >= 0.6 is 23.1 Å². The van der Waals surface area contributed by atoms with Gasteiger partial charge in [0.05, 0.1) is 19.4 Å². The molecule has 2 aliphatic rings. The first kappa shape index (κ1) is 21.6. The van der Waals surface area contributed by atoms with E-state index >= 15 is 0 Å². The fourth-order valence-corrected chi connectivity index (χ4v) is 5.86. The van der Waals surface area contributed by atoms with Gasteiger partial charge in [0.25, 0.3) is 0 Å². The molecule has 1 aliphatic heterocycles. The molecule has 3 aromatic rings. The van der Waals surface area contributed by atoms with Gasteiger partial charge in [-0.3, -0.25) is 4.57 Å². The Morgan fingerprint density at radius 3 is 2.72 bits per heavy atom. The van der Waals surface area contributed by atoms with Crippen molar-refractivity contribution in [3.8, 4) is 22.1 Å². The summed E-state index contributed by atoms with van der Waals surface area (Å²) in [6.07, 6.45) is 6.28. The summed E-state index contributed by atoms with van der Waals surface area (Å²) < 4.78 is 13.5. The number of piperidine rings is 1. The molecule has 9 heteroatoms. The van der Waals surface area contributed by atoms with Gasteiger partial charge >= 0.3 is 0 Å². The highest BCUT2D eigenvalue weighted by Gasteiger charge is 2.32. The third-order valence-corrected chi connectivity index (χ3v) is 7.73. The maximum absolute atomic E-state index is 5.63. The van der Waals surface area contributed by atoms with E-state index in [-0.39, 0.29) is 0 Å². The highest BCUT2D eigenvalue weighted by Crippen LogP contribution is 2.42. The quantitative estimate of drug-likeness (QED) is 0.386. The molecule has 0 N–H and O–H groups in total. The van der Waals surface area contributed by atoms with Gasteiger partial charge in [0.2, 0.25) is 5.95 Å². The smallest absolute Gasteiger partial charge is 0.228 e. The highest BCUT2D eigenvalue weighted by molar-refractivity contribution is 7.98. The molecule has 0 atom stereocenters. The molecule has 7 nitrogen and oxygen atoms in total. The van der Waals surface area contributed by atoms with E-state index in [1.807, 2.05) is 25.1 Å². The topological polar surface area (TPSA) is 65.3 Å². The molecule has 1 saturated heterocycles. The van der Waals surface area contributed by atoms with Crippen molar-refractivity contribution in [2.75, 3.05) is 31.7 Å². The average Bonchev–Trinajstić information content (AvgIpc) is 3.40. The lowest BCUT2D eigenvalue weighted by Gasteiger charge is -2.27. The molecule has 0 unspecified atom stereocenters. The molecule has 0 bridgehead atoms. The number of methoxy groups -OCH3 is 1. The molecule has 0 radical (unpaired) electrons. The summed E-state index contributed by atoms with van der Waals surface area (Å²) in [7, 11) is 1.67.